The summed E-state index contributed by atoms with van der Waals surface area (Å²) in [5.41, 5.74) is -1.00. The van der Waals surface area contributed by atoms with Crippen molar-refractivity contribution in [1.82, 2.24) is 53.2 Å². The van der Waals surface area contributed by atoms with Crippen LogP contribution in [-0.4, -0.2) is 310 Å². The highest BCUT2D eigenvalue weighted by Crippen LogP contribution is 2.26. The van der Waals surface area contributed by atoms with E-state index in [4.69, 9.17) is 42.6 Å². The van der Waals surface area contributed by atoms with Gasteiger partial charge in [0.25, 0.3) is 0 Å². The van der Waals surface area contributed by atoms with E-state index in [2.05, 4.69) is 53.2 Å². The van der Waals surface area contributed by atoms with Crippen LogP contribution in [0.3, 0.4) is 0 Å². The zero-order valence-electron chi connectivity index (χ0n) is 57.2. The first-order chi connectivity index (χ1) is 47.4. The van der Waals surface area contributed by atoms with Crippen LogP contribution in [-0.2, 0) is 85.8 Å². The van der Waals surface area contributed by atoms with Crippen molar-refractivity contribution in [3.8, 4) is 0 Å². The Morgan fingerprint density at radius 2 is 0.717 bits per heavy atom. The Bertz CT molecular complexity index is 2360. The summed E-state index contributed by atoms with van der Waals surface area (Å²) in [6.45, 7) is 3.81. The van der Waals surface area contributed by atoms with Gasteiger partial charge in [0.2, 0.25) is 53.2 Å². The van der Waals surface area contributed by atoms with Crippen molar-refractivity contribution in [2.45, 2.75) is 202 Å². The Kier molecular flexibility index (Phi) is 43.5. The number of amides is 9. The lowest BCUT2D eigenvalue weighted by molar-refractivity contribution is -0.270. The van der Waals surface area contributed by atoms with Gasteiger partial charge in [-0.25, -0.2) is 0 Å². The number of aliphatic hydroxyl groups excluding tert-OH is 9. The number of nitrogens with one attached hydrogen (secondary N) is 10. The summed E-state index contributed by atoms with van der Waals surface area (Å²) in [5.74, 6) is -4.26. The van der Waals surface area contributed by atoms with Gasteiger partial charge in [0, 0.05) is 118 Å². The SMILES string of the molecule is CNC(COCCC(=O)NCCCNC(=O)CCCCO[C@@H]1OC(CO)C(O)=C(O)C1NC(C)=O)(COCCC(=O)NCCCNC(=O)CCCCO[C@@H]1OC(CO)[C@H](O)C(O)C1NC(C)=O)COCCC(=O)NCCCNC(=O)CCCCO[C@@H]1OC(CO)[C@H](O)C(O)C1NC(C)=O. The predicted octanol–water partition coefficient (Wildman–Crippen LogP) is -5.97. The zero-order chi connectivity index (χ0) is 73.1. The molecule has 0 saturated carbocycles. The van der Waals surface area contributed by atoms with Crippen molar-refractivity contribution in [3.05, 3.63) is 11.5 Å². The quantitative estimate of drug-likeness (QED) is 0.0252. The van der Waals surface area contributed by atoms with E-state index >= 15 is 0 Å². The molecule has 37 nitrogen and oxygen atoms in total. The van der Waals surface area contributed by atoms with E-state index in [0.717, 1.165) is 0 Å². The first-order valence-corrected chi connectivity index (χ1v) is 33.7. The van der Waals surface area contributed by atoms with Crippen LogP contribution in [0.2, 0.25) is 0 Å². The molecular weight excluding hydrogens is 1320 g/mol. The van der Waals surface area contributed by atoms with Gasteiger partial charge >= 0.3 is 0 Å². The van der Waals surface area contributed by atoms with Gasteiger partial charge in [0.1, 0.15) is 60.9 Å². The minimum Gasteiger partial charge on any atom is -0.506 e. The van der Waals surface area contributed by atoms with E-state index in [1.807, 2.05) is 0 Å². The van der Waals surface area contributed by atoms with Gasteiger partial charge in [-0.15, -0.1) is 0 Å². The third kappa shape index (κ3) is 34.4. The summed E-state index contributed by atoms with van der Waals surface area (Å²) in [6, 6.07) is -3.34. The van der Waals surface area contributed by atoms with Crippen LogP contribution in [0, 0.1) is 0 Å². The lowest BCUT2D eigenvalue weighted by atomic mass is 9.97. The molecule has 9 amide bonds. The molecule has 570 valence electrons. The van der Waals surface area contributed by atoms with Gasteiger partial charge in [-0.05, 0) is 64.8 Å². The molecule has 3 rings (SSSR count). The predicted molar refractivity (Wildman–Crippen MR) is 346 cm³/mol. The minimum absolute atomic E-state index is 0.00489. The highest BCUT2D eigenvalue weighted by Gasteiger charge is 2.47. The summed E-state index contributed by atoms with van der Waals surface area (Å²) in [5, 5.41) is 117. The van der Waals surface area contributed by atoms with Crippen LogP contribution >= 0.6 is 0 Å². The molecule has 3 aliphatic heterocycles. The van der Waals surface area contributed by atoms with Crippen LogP contribution in [0.5, 0.6) is 0 Å². The number of hydrogen-bond donors (Lipinski definition) is 19. The Morgan fingerprint density at radius 3 is 1.02 bits per heavy atom. The standard InChI is InChI=1S/C62H110N10O27/c1-38(76)70-50-56(88)53(85)41(32-73)97-59(50)94-26-8-5-14-44(79)64-20-11-23-67-47(82)17-29-91-35-62(63-4,36-92-30-18-48(83)68-24-12-21-65-45(80)15-6-9-27-95-60-51(71-39(2)77)57(89)54(86)42(33-74)98-60)37-93-31-19-49(84)69-25-13-22-66-46(81)16-7-10-28-96-61-52(72-40(3)78)58(90)55(87)43(34-75)99-61/h41-43,50-54,56-57,59-61,63,73-75,85-90H,5-37H2,1-4H3,(H,64,79)(H,65,80)(H,66,81)(H,67,82)(H,68,83)(H,69,84)(H,70,76)(H,71,77)(H,72,78)/t41?,42?,43?,50?,51?,52?,53-,54-,56?,57?,59+,60+,61+,62?/m0/s1. The van der Waals surface area contributed by atoms with Gasteiger partial charge in [-0.2, -0.15) is 0 Å². The summed E-state index contributed by atoms with van der Waals surface area (Å²) in [6.07, 6.45) is -8.36. The van der Waals surface area contributed by atoms with Gasteiger partial charge in [-0.3, -0.25) is 43.2 Å². The Balaban J connectivity index is 1.36. The molecule has 2 fully saturated rings. The number of hydrogen-bond acceptors (Lipinski definition) is 28. The molecule has 99 heavy (non-hydrogen) atoms. The largest absolute Gasteiger partial charge is 0.506 e. The smallest absolute Gasteiger partial charge is 0.222 e. The molecule has 3 heterocycles. The third-order valence-corrected chi connectivity index (χ3v) is 15.8. The fourth-order valence-corrected chi connectivity index (χ4v) is 10.2. The molecule has 0 aromatic carbocycles. The number of rotatable bonds is 52. The number of carbonyl (C=O) groups is 9. The second kappa shape index (κ2) is 49.5. The second-order valence-electron chi connectivity index (χ2n) is 24.1. The summed E-state index contributed by atoms with van der Waals surface area (Å²) in [7, 11) is 1.65. The molecule has 0 aromatic rings. The van der Waals surface area contributed by atoms with Crippen molar-refractivity contribution < 1.29 is 132 Å². The van der Waals surface area contributed by atoms with Crippen LogP contribution in [0.4, 0.5) is 0 Å². The minimum atomic E-state index is -1.44. The van der Waals surface area contributed by atoms with E-state index in [1.165, 1.54) is 20.8 Å². The van der Waals surface area contributed by atoms with Crippen LogP contribution < -0.4 is 53.2 Å². The first-order valence-electron chi connectivity index (χ1n) is 33.7. The van der Waals surface area contributed by atoms with Crippen LogP contribution in [0.25, 0.3) is 0 Å². The monoisotopic (exact) mass is 1430 g/mol. The fourth-order valence-electron chi connectivity index (χ4n) is 10.2. The van der Waals surface area contributed by atoms with Crippen molar-refractivity contribution in [1.29, 1.82) is 0 Å². The number of likely N-dealkylation sites (N-methyl/N-ethyl adjacent to an activating group) is 1. The number of carbonyl (C=O) groups excluding carboxylic acids is 9. The number of unbranched alkanes of at least 4 members (excludes halogenated alkanes) is 3. The maximum atomic E-state index is 12.7. The molecule has 19 N–H and O–H groups in total. The molecule has 0 aliphatic carbocycles. The van der Waals surface area contributed by atoms with E-state index in [9.17, 15) is 89.1 Å². The zero-order valence-corrected chi connectivity index (χ0v) is 57.2. The molecule has 13 atom stereocenters. The van der Waals surface area contributed by atoms with Gasteiger partial charge in [-0.1, -0.05) is 0 Å². The second-order valence-corrected chi connectivity index (χ2v) is 24.1. The number of ether oxygens (including phenoxy) is 9. The van der Waals surface area contributed by atoms with E-state index in [-0.39, 0.29) is 160 Å². The average molecular weight is 1430 g/mol. The maximum Gasteiger partial charge on any atom is 0.222 e. The topological polar surface area (TPSA) is 539 Å². The third-order valence-electron chi connectivity index (χ3n) is 15.8. The van der Waals surface area contributed by atoms with Crippen molar-refractivity contribution in [2.24, 2.45) is 0 Å². The summed E-state index contributed by atoms with van der Waals surface area (Å²) >= 11 is 0. The number of aliphatic hydroxyl groups is 9. The molecule has 3 aliphatic rings. The fraction of sp³-hybridized carbons (Fsp3) is 0.823. The van der Waals surface area contributed by atoms with E-state index < -0.39 is 134 Å². The molecule has 8 unspecified atom stereocenters. The maximum absolute atomic E-state index is 12.7. The lowest BCUT2D eigenvalue weighted by Crippen LogP contribution is -2.64. The molecule has 0 radical (unpaired) electrons. The molecule has 0 spiro atoms. The summed E-state index contributed by atoms with van der Waals surface area (Å²) < 4.78 is 51.4. The Hall–Kier alpha value is -6.11. The van der Waals surface area contributed by atoms with Crippen LogP contribution in [0.1, 0.15) is 117 Å². The van der Waals surface area contributed by atoms with Gasteiger partial charge < -0.3 is 142 Å². The highest BCUT2D eigenvalue weighted by atomic mass is 16.7. The van der Waals surface area contributed by atoms with Gasteiger partial charge in [0.15, 0.2) is 30.4 Å². The lowest BCUT2D eigenvalue weighted by Gasteiger charge is -2.42. The normalized spacial score (nSPS) is 24.4. The summed E-state index contributed by atoms with van der Waals surface area (Å²) in [4.78, 5) is 111. The molecule has 0 aromatic heterocycles. The van der Waals surface area contributed by atoms with Crippen molar-refractivity contribution >= 4 is 53.2 Å². The Labute approximate surface area is 575 Å². The molecular formula is C62H110N10O27. The molecule has 0 bridgehead atoms. The van der Waals surface area contributed by atoms with E-state index in [1.54, 1.807) is 7.05 Å². The Morgan fingerprint density at radius 1 is 0.394 bits per heavy atom. The van der Waals surface area contributed by atoms with Crippen LogP contribution in [0.15, 0.2) is 11.5 Å². The average Bonchev–Trinajstić information content (AvgIpc) is 0.824. The highest BCUT2D eigenvalue weighted by molar-refractivity contribution is 5.78. The van der Waals surface area contributed by atoms with Crippen molar-refractivity contribution in [3.63, 3.8) is 0 Å². The first kappa shape index (κ1) is 87.1. The van der Waals surface area contributed by atoms with Gasteiger partial charge in [0.05, 0.1) is 65.0 Å². The molecule has 2 saturated heterocycles. The van der Waals surface area contributed by atoms with E-state index in [0.29, 0.717) is 70.9 Å². The van der Waals surface area contributed by atoms with Crippen molar-refractivity contribution in [2.75, 3.05) is 126 Å². The molecule has 37 heteroatoms.